The molecule has 0 saturated carbocycles. The van der Waals surface area contributed by atoms with Crippen LogP contribution in [0, 0.1) is 6.92 Å². The molecule has 2 heterocycles. The summed E-state index contributed by atoms with van der Waals surface area (Å²) in [5, 5.41) is 4.40. The van der Waals surface area contributed by atoms with E-state index in [-0.39, 0.29) is 0 Å². The Morgan fingerprint density at radius 1 is 1.15 bits per heavy atom. The van der Waals surface area contributed by atoms with Gasteiger partial charge in [-0.05, 0) is 49.4 Å². The second-order valence-corrected chi connectivity index (χ2v) is 8.00. The molecular weight excluding hydrogens is 340 g/mol. The van der Waals surface area contributed by atoms with Crippen LogP contribution in [-0.2, 0) is 6.42 Å². The zero-order valence-electron chi connectivity index (χ0n) is 16.4. The maximum absolute atomic E-state index is 5.52. The second-order valence-electron chi connectivity index (χ2n) is 7.14. The molecule has 3 aromatic rings. The van der Waals surface area contributed by atoms with E-state index in [0.29, 0.717) is 5.92 Å². The van der Waals surface area contributed by atoms with Crippen LogP contribution in [-0.4, -0.2) is 17.1 Å². The molecule has 0 radical (unpaired) electrons. The van der Waals surface area contributed by atoms with Crippen molar-refractivity contribution in [3.05, 3.63) is 40.4 Å². The minimum atomic E-state index is 0.436. The number of aromatic nitrogens is 2. The third-order valence-corrected chi connectivity index (χ3v) is 5.76. The fourth-order valence-electron chi connectivity index (χ4n) is 3.25. The maximum atomic E-state index is 5.52. The van der Waals surface area contributed by atoms with Crippen LogP contribution in [0.2, 0.25) is 0 Å². The lowest BCUT2D eigenvalue weighted by Gasteiger charge is -2.13. The number of ether oxygens (including phenoxy) is 1. The molecule has 0 bridgehead atoms. The number of nitrogens with zero attached hydrogens (tertiary/aromatic N) is 2. The third-order valence-electron chi connectivity index (χ3n) is 4.87. The molecule has 4 heteroatoms. The molecule has 2 aromatic heterocycles. The first kappa shape index (κ1) is 18.8. The lowest BCUT2D eigenvalue weighted by molar-refractivity contribution is 0.412. The van der Waals surface area contributed by atoms with E-state index in [4.69, 9.17) is 14.7 Å². The first-order chi connectivity index (χ1) is 12.5. The van der Waals surface area contributed by atoms with E-state index < -0.39 is 0 Å². The number of rotatable bonds is 7. The Morgan fingerprint density at radius 3 is 2.62 bits per heavy atom. The van der Waals surface area contributed by atoms with Crippen molar-refractivity contribution in [3.63, 3.8) is 0 Å². The molecule has 0 amide bonds. The standard InChI is InChI=1S/C22H28N2OS/c1-6-7-8-9-16-12-18(22-24-19(13-26-22)14(2)3)23-21-15(4)20(25-5)11-10-17(16)21/h10-14H,6-9H2,1-5H3. The van der Waals surface area contributed by atoms with Crippen molar-refractivity contribution in [2.45, 2.75) is 59.3 Å². The van der Waals surface area contributed by atoms with E-state index in [1.165, 1.54) is 30.2 Å². The van der Waals surface area contributed by atoms with Gasteiger partial charge in [0.1, 0.15) is 10.8 Å². The Hall–Kier alpha value is -1.94. The molecule has 0 saturated heterocycles. The summed E-state index contributed by atoms with van der Waals surface area (Å²) in [6.45, 7) is 8.69. The molecule has 3 nitrogen and oxygen atoms in total. The van der Waals surface area contributed by atoms with Gasteiger partial charge in [-0.2, -0.15) is 0 Å². The number of methoxy groups -OCH3 is 1. The Balaban J connectivity index is 2.14. The van der Waals surface area contributed by atoms with Gasteiger partial charge in [-0.1, -0.05) is 33.6 Å². The Bertz CT molecular complexity index is 899. The Kier molecular flexibility index (Phi) is 5.92. The number of pyridine rings is 1. The minimum Gasteiger partial charge on any atom is -0.496 e. The number of benzene rings is 1. The molecule has 0 spiro atoms. The average Bonchev–Trinajstić information content (AvgIpc) is 3.13. The molecule has 0 N–H and O–H groups in total. The number of hydrogen-bond acceptors (Lipinski definition) is 4. The van der Waals surface area contributed by atoms with E-state index in [1.54, 1.807) is 18.4 Å². The Labute approximate surface area is 160 Å². The average molecular weight is 369 g/mol. The lowest BCUT2D eigenvalue weighted by Crippen LogP contribution is -1.97. The van der Waals surface area contributed by atoms with Crippen LogP contribution >= 0.6 is 11.3 Å². The molecule has 0 unspecified atom stereocenters. The van der Waals surface area contributed by atoms with Crippen LogP contribution in [0.5, 0.6) is 5.75 Å². The summed E-state index contributed by atoms with van der Waals surface area (Å²) < 4.78 is 5.52. The predicted octanol–water partition coefficient (Wildman–Crippen LogP) is 6.53. The van der Waals surface area contributed by atoms with Gasteiger partial charge in [0.05, 0.1) is 24.0 Å². The van der Waals surface area contributed by atoms with Crippen LogP contribution in [0.3, 0.4) is 0 Å². The van der Waals surface area contributed by atoms with Gasteiger partial charge in [-0.15, -0.1) is 11.3 Å². The summed E-state index contributed by atoms with van der Waals surface area (Å²) in [6.07, 6.45) is 4.76. The SMILES string of the molecule is CCCCCc1cc(-c2nc(C(C)C)cs2)nc2c(C)c(OC)ccc12. The third kappa shape index (κ3) is 3.75. The van der Waals surface area contributed by atoms with Crippen molar-refractivity contribution < 1.29 is 4.74 Å². The summed E-state index contributed by atoms with van der Waals surface area (Å²) in [4.78, 5) is 9.80. The van der Waals surface area contributed by atoms with Gasteiger partial charge in [0, 0.05) is 16.3 Å². The largest absolute Gasteiger partial charge is 0.496 e. The van der Waals surface area contributed by atoms with Crippen LogP contribution in [0.15, 0.2) is 23.6 Å². The van der Waals surface area contributed by atoms with Gasteiger partial charge in [0.25, 0.3) is 0 Å². The summed E-state index contributed by atoms with van der Waals surface area (Å²) in [5.74, 6) is 1.33. The molecule has 0 aliphatic heterocycles. The maximum Gasteiger partial charge on any atom is 0.142 e. The van der Waals surface area contributed by atoms with Gasteiger partial charge < -0.3 is 4.74 Å². The molecule has 3 rings (SSSR count). The topological polar surface area (TPSA) is 35.0 Å². The van der Waals surface area contributed by atoms with E-state index in [2.05, 4.69) is 51.3 Å². The lowest BCUT2D eigenvalue weighted by atomic mass is 9.99. The molecular formula is C22H28N2OS. The predicted molar refractivity (Wildman–Crippen MR) is 111 cm³/mol. The number of aryl methyl sites for hydroxylation is 2. The van der Waals surface area contributed by atoms with Crippen LogP contribution in [0.25, 0.3) is 21.6 Å². The number of unbranched alkanes of at least 4 members (excludes halogenated alkanes) is 2. The molecule has 0 aliphatic rings. The van der Waals surface area contributed by atoms with Gasteiger partial charge in [-0.3, -0.25) is 0 Å². The number of fused-ring (bicyclic) bond motifs is 1. The quantitative estimate of drug-likeness (QED) is 0.445. The molecule has 0 atom stereocenters. The van der Waals surface area contributed by atoms with Gasteiger partial charge in [-0.25, -0.2) is 9.97 Å². The van der Waals surface area contributed by atoms with Crippen molar-refractivity contribution in [2.75, 3.05) is 7.11 Å². The van der Waals surface area contributed by atoms with Crippen LogP contribution < -0.4 is 4.74 Å². The minimum absolute atomic E-state index is 0.436. The van der Waals surface area contributed by atoms with Crippen molar-refractivity contribution >= 4 is 22.2 Å². The van der Waals surface area contributed by atoms with Crippen molar-refractivity contribution in [3.8, 4) is 16.5 Å². The van der Waals surface area contributed by atoms with E-state index in [9.17, 15) is 0 Å². The fourth-order valence-corrected chi connectivity index (χ4v) is 4.19. The highest BCUT2D eigenvalue weighted by Crippen LogP contribution is 2.33. The highest BCUT2D eigenvalue weighted by molar-refractivity contribution is 7.13. The van der Waals surface area contributed by atoms with Crippen molar-refractivity contribution in [2.24, 2.45) is 0 Å². The van der Waals surface area contributed by atoms with Gasteiger partial charge in [0.15, 0.2) is 0 Å². The summed E-state index contributed by atoms with van der Waals surface area (Å²) in [6, 6.07) is 6.45. The molecule has 0 fully saturated rings. The summed E-state index contributed by atoms with van der Waals surface area (Å²) >= 11 is 1.69. The summed E-state index contributed by atoms with van der Waals surface area (Å²) in [7, 11) is 1.72. The van der Waals surface area contributed by atoms with Gasteiger partial charge in [0.2, 0.25) is 0 Å². The molecule has 138 valence electrons. The van der Waals surface area contributed by atoms with E-state index in [1.807, 2.05) is 0 Å². The number of hydrogen-bond donors (Lipinski definition) is 0. The van der Waals surface area contributed by atoms with Crippen molar-refractivity contribution in [1.82, 2.24) is 9.97 Å². The second kappa shape index (κ2) is 8.17. The first-order valence-electron chi connectivity index (χ1n) is 9.48. The zero-order valence-corrected chi connectivity index (χ0v) is 17.2. The van der Waals surface area contributed by atoms with Gasteiger partial charge >= 0.3 is 0 Å². The molecule has 26 heavy (non-hydrogen) atoms. The molecule has 1 aromatic carbocycles. The highest BCUT2D eigenvalue weighted by atomic mass is 32.1. The Morgan fingerprint density at radius 2 is 1.96 bits per heavy atom. The first-order valence-corrected chi connectivity index (χ1v) is 10.4. The number of thiazole rings is 1. The zero-order chi connectivity index (χ0) is 18.7. The molecule has 0 aliphatic carbocycles. The monoisotopic (exact) mass is 368 g/mol. The van der Waals surface area contributed by atoms with E-state index >= 15 is 0 Å². The van der Waals surface area contributed by atoms with Crippen LogP contribution in [0.4, 0.5) is 0 Å². The van der Waals surface area contributed by atoms with Crippen molar-refractivity contribution in [1.29, 1.82) is 0 Å². The smallest absolute Gasteiger partial charge is 0.142 e. The van der Waals surface area contributed by atoms with E-state index in [0.717, 1.165) is 39.6 Å². The summed E-state index contributed by atoms with van der Waals surface area (Å²) in [5.41, 5.74) is 5.63. The van der Waals surface area contributed by atoms with Crippen LogP contribution in [0.1, 0.15) is 62.8 Å². The highest BCUT2D eigenvalue weighted by Gasteiger charge is 2.15. The fraction of sp³-hybridized carbons (Fsp3) is 0.455. The normalized spacial score (nSPS) is 11.5.